The summed E-state index contributed by atoms with van der Waals surface area (Å²) in [5, 5.41) is 1.85. The third-order valence-corrected chi connectivity index (χ3v) is 5.34. The molecule has 1 aliphatic rings. The van der Waals surface area contributed by atoms with Crippen molar-refractivity contribution >= 4 is 27.7 Å². The van der Waals surface area contributed by atoms with Gasteiger partial charge in [-0.2, -0.15) is 0 Å². The Kier molecular flexibility index (Phi) is 3.28. The molecule has 6 nitrogen and oxygen atoms in total. The highest BCUT2D eigenvalue weighted by Gasteiger charge is 2.21. The van der Waals surface area contributed by atoms with Crippen LogP contribution in [0.25, 0.3) is 27.6 Å². The smallest absolute Gasteiger partial charge is 0.195 e. The zero-order valence-corrected chi connectivity index (χ0v) is 15.6. The minimum Gasteiger partial charge on any atom is -0.300 e. The lowest BCUT2D eigenvalue weighted by atomic mass is 10.1. The van der Waals surface area contributed by atoms with Crippen LogP contribution in [0.2, 0.25) is 0 Å². The minimum absolute atomic E-state index is 0.900. The minimum atomic E-state index is 0.900. The zero-order chi connectivity index (χ0) is 17.8. The SMILES string of the molecule is Cc1cccc(-c2nc3sc(C)cn3c2-c2ccc3c(c2)NN(C)N3)n1. The van der Waals surface area contributed by atoms with Gasteiger partial charge in [-0.1, -0.05) is 12.1 Å². The monoisotopic (exact) mass is 362 g/mol. The first-order chi connectivity index (χ1) is 12.6. The summed E-state index contributed by atoms with van der Waals surface area (Å²) in [6.07, 6.45) is 2.15. The van der Waals surface area contributed by atoms with Crippen molar-refractivity contribution < 1.29 is 0 Å². The maximum Gasteiger partial charge on any atom is 0.195 e. The molecule has 1 aromatic carbocycles. The number of nitrogens with zero attached hydrogens (tertiary/aromatic N) is 4. The molecule has 0 saturated carbocycles. The van der Waals surface area contributed by atoms with Gasteiger partial charge in [0, 0.05) is 29.4 Å². The van der Waals surface area contributed by atoms with E-state index in [4.69, 9.17) is 9.97 Å². The summed E-state index contributed by atoms with van der Waals surface area (Å²) in [6, 6.07) is 12.4. The normalized spacial score (nSPS) is 13.7. The van der Waals surface area contributed by atoms with Gasteiger partial charge in [-0.25, -0.2) is 4.98 Å². The lowest BCUT2D eigenvalue weighted by molar-refractivity contribution is 0.507. The third-order valence-electron chi connectivity index (χ3n) is 4.44. The fourth-order valence-corrected chi connectivity index (χ4v) is 4.18. The zero-order valence-electron chi connectivity index (χ0n) is 14.7. The van der Waals surface area contributed by atoms with Gasteiger partial charge in [0.2, 0.25) is 0 Å². The number of pyridine rings is 1. The molecule has 5 rings (SSSR count). The molecule has 0 fully saturated rings. The highest BCUT2D eigenvalue weighted by Crippen LogP contribution is 2.38. The van der Waals surface area contributed by atoms with Crippen molar-refractivity contribution in [2.45, 2.75) is 13.8 Å². The fourth-order valence-electron chi connectivity index (χ4n) is 3.36. The van der Waals surface area contributed by atoms with E-state index in [-0.39, 0.29) is 0 Å². The summed E-state index contributed by atoms with van der Waals surface area (Å²) in [4.78, 5) is 11.8. The van der Waals surface area contributed by atoms with Gasteiger partial charge in [-0.05, 0) is 38.1 Å². The predicted octanol–water partition coefficient (Wildman–Crippen LogP) is 4.34. The van der Waals surface area contributed by atoms with Crippen LogP contribution < -0.4 is 10.9 Å². The van der Waals surface area contributed by atoms with E-state index in [1.54, 1.807) is 11.3 Å². The Labute approximate surface area is 155 Å². The molecule has 4 heterocycles. The molecule has 7 heteroatoms. The Bertz CT molecular complexity index is 1140. The van der Waals surface area contributed by atoms with Crippen LogP contribution in [0.1, 0.15) is 10.6 Å². The Balaban J connectivity index is 1.76. The molecule has 0 bridgehead atoms. The summed E-state index contributed by atoms with van der Waals surface area (Å²) in [5.74, 6) is 0. The molecule has 2 N–H and O–H groups in total. The van der Waals surface area contributed by atoms with Crippen molar-refractivity contribution in [1.29, 1.82) is 0 Å². The number of hydrogen-bond donors (Lipinski definition) is 2. The van der Waals surface area contributed by atoms with Gasteiger partial charge >= 0.3 is 0 Å². The molecule has 0 spiro atoms. The number of thiazole rings is 1. The van der Waals surface area contributed by atoms with E-state index in [2.05, 4.69) is 46.6 Å². The van der Waals surface area contributed by atoms with Gasteiger partial charge in [0.05, 0.1) is 22.8 Å². The first kappa shape index (κ1) is 15.4. The van der Waals surface area contributed by atoms with Crippen LogP contribution in [0, 0.1) is 13.8 Å². The van der Waals surface area contributed by atoms with Crippen LogP contribution in [-0.2, 0) is 0 Å². The van der Waals surface area contributed by atoms with Crippen LogP contribution in [-0.4, -0.2) is 26.5 Å². The van der Waals surface area contributed by atoms with E-state index in [1.807, 2.05) is 37.3 Å². The highest BCUT2D eigenvalue weighted by atomic mass is 32.1. The van der Waals surface area contributed by atoms with E-state index >= 15 is 0 Å². The summed E-state index contributed by atoms with van der Waals surface area (Å²) in [6.45, 7) is 4.11. The second-order valence-electron chi connectivity index (χ2n) is 6.51. The number of aryl methyl sites for hydroxylation is 2. The molecule has 0 unspecified atom stereocenters. The van der Waals surface area contributed by atoms with Crippen molar-refractivity contribution in [3.05, 3.63) is 53.2 Å². The average Bonchev–Trinajstić information content (AvgIpc) is 3.24. The summed E-state index contributed by atoms with van der Waals surface area (Å²) >= 11 is 1.69. The summed E-state index contributed by atoms with van der Waals surface area (Å²) in [7, 11) is 1.95. The Morgan fingerprint density at radius 1 is 1.00 bits per heavy atom. The topological polar surface area (TPSA) is 57.5 Å². The molecular weight excluding hydrogens is 344 g/mol. The van der Waals surface area contributed by atoms with Gasteiger partial charge in [0.25, 0.3) is 0 Å². The molecule has 0 amide bonds. The molecule has 4 aromatic rings. The van der Waals surface area contributed by atoms with Gasteiger partial charge in [-0.15, -0.1) is 16.5 Å². The van der Waals surface area contributed by atoms with Gasteiger partial charge in [0.1, 0.15) is 5.69 Å². The van der Waals surface area contributed by atoms with E-state index in [0.29, 0.717) is 0 Å². The fraction of sp³-hybridized carbons (Fsp3) is 0.158. The number of imidazole rings is 1. The standard InChI is InChI=1S/C19H18N6S/c1-11-5-4-6-15(20-11)17-18(25-10-12(2)26-19(25)21-17)13-7-8-14-16(9-13)23-24(3)22-14/h4-10,22-23H,1-3H3. The average molecular weight is 362 g/mol. The molecule has 26 heavy (non-hydrogen) atoms. The largest absolute Gasteiger partial charge is 0.300 e. The van der Waals surface area contributed by atoms with Crippen LogP contribution in [0.15, 0.2) is 42.6 Å². The molecule has 130 valence electrons. The number of hydrazine groups is 2. The molecule has 1 aliphatic heterocycles. The van der Waals surface area contributed by atoms with Crippen LogP contribution in [0.3, 0.4) is 0 Å². The summed E-state index contributed by atoms with van der Waals surface area (Å²) < 4.78 is 2.17. The van der Waals surface area contributed by atoms with Crippen molar-refractivity contribution in [3.8, 4) is 22.6 Å². The predicted molar refractivity (Wildman–Crippen MR) is 106 cm³/mol. The van der Waals surface area contributed by atoms with Gasteiger partial charge in [-0.3, -0.25) is 20.2 Å². The molecule has 0 atom stereocenters. The Hall–Kier alpha value is -2.90. The van der Waals surface area contributed by atoms with Crippen molar-refractivity contribution in [2.75, 3.05) is 17.9 Å². The van der Waals surface area contributed by atoms with E-state index < -0.39 is 0 Å². The first-order valence-corrected chi connectivity index (χ1v) is 9.24. The van der Waals surface area contributed by atoms with Crippen molar-refractivity contribution in [3.63, 3.8) is 0 Å². The molecule has 0 radical (unpaired) electrons. The number of benzene rings is 1. The lowest BCUT2D eigenvalue weighted by Gasteiger charge is -2.07. The van der Waals surface area contributed by atoms with Crippen molar-refractivity contribution in [2.24, 2.45) is 0 Å². The number of anilines is 2. The first-order valence-electron chi connectivity index (χ1n) is 8.42. The van der Waals surface area contributed by atoms with Crippen molar-refractivity contribution in [1.82, 2.24) is 19.5 Å². The number of nitrogens with one attached hydrogen (secondary N) is 2. The van der Waals surface area contributed by atoms with Gasteiger partial charge in [0.15, 0.2) is 4.96 Å². The van der Waals surface area contributed by atoms with E-state index in [0.717, 1.165) is 44.7 Å². The quantitative estimate of drug-likeness (QED) is 0.555. The van der Waals surface area contributed by atoms with Crippen LogP contribution >= 0.6 is 11.3 Å². The number of rotatable bonds is 2. The van der Waals surface area contributed by atoms with Gasteiger partial charge < -0.3 is 0 Å². The highest BCUT2D eigenvalue weighted by molar-refractivity contribution is 7.17. The van der Waals surface area contributed by atoms with E-state index in [1.165, 1.54) is 4.88 Å². The maximum absolute atomic E-state index is 4.90. The molecule has 0 aliphatic carbocycles. The molecular formula is C19H18N6S. The molecule has 3 aromatic heterocycles. The lowest BCUT2D eigenvalue weighted by Crippen LogP contribution is -2.23. The van der Waals surface area contributed by atoms with Crippen LogP contribution in [0.5, 0.6) is 0 Å². The second kappa shape index (κ2) is 5.55. The van der Waals surface area contributed by atoms with E-state index in [9.17, 15) is 0 Å². The maximum atomic E-state index is 4.90. The number of fused-ring (bicyclic) bond motifs is 2. The summed E-state index contributed by atoms with van der Waals surface area (Å²) in [5.41, 5.74) is 13.7. The number of hydrogen-bond acceptors (Lipinski definition) is 6. The van der Waals surface area contributed by atoms with Crippen LogP contribution in [0.4, 0.5) is 11.4 Å². The number of aromatic nitrogens is 3. The molecule has 0 saturated heterocycles. The second-order valence-corrected chi connectivity index (χ2v) is 7.72. The third kappa shape index (κ3) is 2.36. The Morgan fingerprint density at radius 2 is 1.85 bits per heavy atom. The Morgan fingerprint density at radius 3 is 2.69 bits per heavy atom.